The lowest BCUT2D eigenvalue weighted by molar-refractivity contribution is -0.117. The summed E-state index contributed by atoms with van der Waals surface area (Å²) in [5.74, 6) is -2.04. The van der Waals surface area contributed by atoms with Gasteiger partial charge in [0.2, 0.25) is 12.0 Å². The zero-order valence-electron chi connectivity index (χ0n) is 21.5. The number of hydrogen-bond donors (Lipinski definition) is 2. The van der Waals surface area contributed by atoms with Gasteiger partial charge < -0.3 is 20.1 Å². The highest BCUT2D eigenvalue weighted by molar-refractivity contribution is 6.39. The molecule has 0 bridgehead atoms. The number of rotatable bonds is 8. The average molecular weight is 594 g/mol. The number of anilines is 1. The van der Waals surface area contributed by atoms with Crippen molar-refractivity contribution in [3.8, 4) is 11.6 Å². The van der Waals surface area contributed by atoms with Crippen molar-refractivity contribution >= 4 is 46.4 Å². The summed E-state index contributed by atoms with van der Waals surface area (Å²) in [5, 5.41) is 5.91. The second-order valence-corrected chi connectivity index (χ2v) is 9.54. The van der Waals surface area contributed by atoms with Crippen LogP contribution in [0.5, 0.6) is 11.6 Å². The molecule has 1 aliphatic heterocycles. The van der Waals surface area contributed by atoms with Gasteiger partial charge in [0.05, 0.1) is 40.5 Å². The van der Waals surface area contributed by atoms with E-state index in [1.165, 1.54) is 6.07 Å². The van der Waals surface area contributed by atoms with Crippen molar-refractivity contribution < 1.29 is 23.5 Å². The fourth-order valence-electron chi connectivity index (χ4n) is 4.14. The molecule has 0 aliphatic carbocycles. The molecule has 3 heterocycles. The molecule has 1 unspecified atom stereocenters. The van der Waals surface area contributed by atoms with E-state index in [9.17, 15) is 14.0 Å². The van der Waals surface area contributed by atoms with E-state index in [1.807, 2.05) is 0 Å². The van der Waals surface area contributed by atoms with Gasteiger partial charge in [-0.05, 0) is 43.3 Å². The maximum atomic E-state index is 14.2. The van der Waals surface area contributed by atoms with Gasteiger partial charge in [-0.25, -0.2) is 14.4 Å². The summed E-state index contributed by atoms with van der Waals surface area (Å²) in [7, 11) is 0. The number of para-hydroxylation sites is 1. The Bertz CT molecular complexity index is 1650. The number of nitrogens with zero attached hydrogens (tertiary/aromatic N) is 3. The molecule has 0 radical (unpaired) electrons. The molecule has 1 aliphatic rings. The Kier molecular flexibility index (Phi) is 8.42. The van der Waals surface area contributed by atoms with Gasteiger partial charge in [0.1, 0.15) is 23.7 Å². The predicted molar refractivity (Wildman–Crippen MR) is 152 cm³/mol. The quantitative estimate of drug-likeness (QED) is 0.281. The lowest BCUT2D eigenvalue weighted by Gasteiger charge is -2.17. The molecule has 5 rings (SSSR count). The van der Waals surface area contributed by atoms with Crippen molar-refractivity contribution in [2.75, 3.05) is 11.9 Å². The number of benzene rings is 2. The lowest BCUT2D eigenvalue weighted by Crippen LogP contribution is -2.42. The van der Waals surface area contributed by atoms with Gasteiger partial charge in [0.15, 0.2) is 0 Å². The van der Waals surface area contributed by atoms with E-state index in [1.54, 1.807) is 61.7 Å². The third-order valence-electron chi connectivity index (χ3n) is 5.92. The average Bonchev–Trinajstić information content (AvgIpc) is 3.08. The first kappa shape index (κ1) is 28.0. The van der Waals surface area contributed by atoms with E-state index in [4.69, 9.17) is 32.7 Å². The number of benzodiazepines with no additional fused rings is 1. The number of carbonyl (C=O) groups is 2. The lowest BCUT2D eigenvalue weighted by atomic mass is 9.99. The summed E-state index contributed by atoms with van der Waals surface area (Å²) in [6, 6.07) is 16.3. The minimum atomic E-state index is -1.45. The van der Waals surface area contributed by atoms with Crippen molar-refractivity contribution in [2.45, 2.75) is 19.7 Å². The van der Waals surface area contributed by atoms with E-state index in [0.29, 0.717) is 39.9 Å². The zero-order chi connectivity index (χ0) is 28.9. The highest BCUT2D eigenvalue weighted by Gasteiger charge is 2.30. The van der Waals surface area contributed by atoms with E-state index in [0.717, 1.165) is 12.3 Å². The van der Waals surface area contributed by atoms with Crippen LogP contribution in [0.4, 0.5) is 10.1 Å². The summed E-state index contributed by atoms with van der Waals surface area (Å²) in [5.41, 5.74) is 1.98. The van der Waals surface area contributed by atoms with Gasteiger partial charge in [-0.1, -0.05) is 47.5 Å². The number of halogens is 3. The number of aromatic nitrogens is 2. The molecule has 2 aromatic heterocycles. The molecule has 41 heavy (non-hydrogen) atoms. The fraction of sp³-hybridized carbons (Fsp3) is 0.138. The molecule has 9 nitrogen and oxygen atoms in total. The van der Waals surface area contributed by atoms with Crippen LogP contribution in [0.3, 0.4) is 0 Å². The van der Waals surface area contributed by atoms with Crippen LogP contribution in [0.15, 0.2) is 78.0 Å². The largest absolute Gasteiger partial charge is 0.493 e. The van der Waals surface area contributed by atoms with Gasteiger partial charge in [-0.3, -0.25) is 14.6 Å². The molecule has 0 spiro atoms. The Hall–Kier alpha value is -4.54. The van der Waals surface area contributed by atoms with Crippen LogP contribution in [0.2, 0.25) is 10.0 Å². The number of amides is 2. The summed E-state index contributed by atoms with van der Waals surface area (Å²) in [6.07, 6.45) is 1.07. The standard InChI is InChI=1S/C29H22Cl2FN5O4/c1-2-40-23-12-16(30)11-21(31)24(23)25-19-8-3-4-9-22(19)35-28(39)26(36-25)37-27(38)20-13-17(32)14-34-29(20)41-15-18-7-5-6-10-33-18/h3-14,26H,2,15H2,1H3,(H,35,39)(H,37,38). The van der Waals surface area contributed by atoms with Crippen LogP contribution in [0, 0.1) is 5.82 Å². The van der Waals surface area contributed by atoms with E-state index in [2.05, 4.69) is 25.6 Å². The van der Waals surface area contributed by atoms with Gasteiger partial charge in [0, 0.05) is 16.8 Å². The van der Waals surface area contributed by atoms with Crippen molar-refractivity contribution in [2.24, 2.45) is 4.99 Å². The first-order valence-corrected chi connectivity index (χ1v) is 13.2. The molecular weight excluding hydrogens is 572 g/mol. The molecule has 2 N–H and O–H groups in total. The van der Waals surface area contributed by atoms with Crippen LogP contribution >= 0.6 is 23.2 Å². The van der Waals surface area contributed by atoms with Gasteiger partial charge in [-0.15, -0.1) is 0 Å². The number of nitrogens with one attached hydrogen (secondary N) is 2. The fourth-order valence-corrected chi connectivity index (χ4v) is 4.70. The third kappa shape index (κ3) is 6.29. The van der Waals surface area contributed by atoms with Crippen molar-refractivity contribution in [1.29, 1.82) is 0 Å². The van der Waals surface area contributed by atoms with Crippen LogP contribution < -0.4 is 20.1 Å². The number of pyridine rings is 2. The Morgan fingerprint density at radius 1 is 1.07 bits per heavy atom. The summed E-state index contributed by atoms with van der Waals surface area (Å²) >= 11 is 12.9. The van der Waals surface area contributed by atoms with E-state index in [-0.39, 0.29) is 28.8 Å². The first-order valence-electron chi connectivity index (χ1n) is 12.4. The SMILES string of the molecule is CCOc1cc(Cl)cc(Cl)c1C1=NC(NC(=O)c2cc(F)cnc2OCc2ccccn2)C(=O)Nc2ccccc21. The van der Waals surface area contributed by atoms with Gasteiger partial charge in [-0.2, -0.15) is 0 Å². The molecule has 0 saturated heterocycles. The van der Waals surface area contributed by atoms with Crippen molar-refractivity contribution in [3.05, 3.63) is 111 Å². The number of carbonyl (C=O) groups excluding carboxylic acids is 2. The Morgan fingerprint density at radius 3 is 2.66 bits per heavy atom. The molecule has 208 valence electrons. The van der Waals surface area contributed by atoms with Crippen LogP contribution in [-0.4, -0.2) is 40.3 Å². The van der Waals surface area contributed by atoms with Gasteiger partial charge in [0.25, 0.3) is 11.8 Å². The number of ether oxygens (including phenoxy) is 2. The second kappa shape index (κ2) is 12.3. The molecular formula is C29H22Cl2FN5O4. The van der Waals surface area contributed by atoms with E-state index >= 15 is 0 Å². The normalized spacial score (nSPS) is 14.3. The molecule has 2 amide bonds. The summed E-state index contributed by atoms with van der Waals surface area (Å²) < 4.78 is 25.7. The van der Waals surface area contributed by atoms with Crippen molar-refractivity contribution in [1.82, 2.24) is 15.3 Å². The molecule has 0 fully saturated rings. The highest BCUT2D eigenvalue weighted by atomic mass is 35.5. The molecule has 4 aromatic rings. The molecule has 0 saturated carbocycles. The smallest absolute Gasteiger partial charge is 0.269 e. The maximum Gasteiger partial charge on any atom is 0.269 e. The Morgan fingerprint density at radius 2 is 1.88 bits per heavy atom. The Labute approximate surface area is 244 Å². The highest BCUT2D eigenvalue weighted by Crippen LogP contribution is 2.36. The van der Waals surface area contributed by atoms with Crippen molar-refractivity contribution in [3.63, 3.8) is 0 Å². The first-order chi connectivity index (χ1) is 19.8. The molecule has 12 heteroatoms. The van der Waals surface area contributed by atoms with E-state index < -0.39 is 23.8 Å². The zero-order valence-corrected chi connectivity index (χ0v) is 23.0. The van der Waals surface area contributed by atoms with Crippen LogP contribution in [0.25, 0.3) is 0 Å². The summed E-state index contributed by atoms with van der Waals surface area (Å²) in [4.78, 5) is 39.4. The minimum Gasteiger partial charge on any atom is -0.493 e. The monoisotopic (exact) mass is 593 g/mol. The summed E-state index contributed by atoms with van der Waals surface area (Å²) in [6.45, 7) is 2.09. The molecule has 2 aromatic carbocycles. The van der Waals surface area contributed by atoms with Crippen LogP contribution in [-0.2, 0) is 11.4 Å². The van der Waals surface area contributed by atoms with Gasteiger partial charge >= 0.3 is 0 Å². The topological polar surface area (TPSA) is 115 Å². The number of aliphatic imine (C=N–C) groups is 1. The van der Waals surface area contributed by atoms with Crippen LogP contribution in [0.1, 0.15) is 34.1 Å². The second-order valence-electron chi connectivity index (χ2n) is 8.70. The minimum absolute atomic E-state index is 0.0173. The number of hydrogen-bond acceptors (Lipinski definition) is 7. The Balaban J connectivity index is 1.53. The molecule has 1 atom stereocenters. The predicted octanol–water partition coefficient (Wildman–Crippen LogP) is 5.45. The third-order valence-corrected chi connectivity index (χ3v) is 6.43. The maximum absolute atomic E-state index is 14.2. The number of fused-ring (bicyclic) bond motifs is 1.